The first-order valence-corrected chi connectivity index (χ1v) is 8.77. The lowest BCUT2D eigenvalue weighted by Crippen LogP contribution is -2.30. The van der Waals surface area contributed by atoms with Crippen LogP contribution in [-0.2, 0) is 16.9 Å². The third-order valence-corrected chi connectivity index (χ3v) is 5.08. The summed E-state index contributed by atoms with van der Waals surface area (Å²) in [5, 5.41) is 10.6. The molecule has 1 aliphatic heterocycles. The molecule has 2 aromatic heterocycles. The number of carbonyl (C=O) groups excluding carboxylic acids is 1. The molecule has 22 heavy (non-hydrogen) atoms. The Labute approximate surface area is 128 Å². The van der Waals surface area contributed by atoms with Crippen LogP contribution in [-0.4, -0.2) is 58.5 Å². The predicted molar refractivity (Wildman–Crippen MR) is 78.2 cm³/mol. The first-order chi connectivity index (χ1) is 10.4. The minimum atomic E-state index is -3.33. The van der Waals surface area contributed by atoms with Crippen molar-refractivity contribution in [1.29, 1.82) is 0 Å². The van der Waals surface area contributed by atoms with Crippen molar-refractivity contribution in [2.24, 2.45) is 7.05 Å². The Morgan fingerprint density at radius 1 is 1.45 bits per heavy atom. The zero-order valence-electron chi connectivity index (χ0n) is 12.4. The van der Waals surface area contributed by atoms with Gasteiger partial charge in [0.25, 0.3) is 5.91 Å². The van der Waals surface area contributed by atoms with E-state index in [9.17, 15) is 13.2 Å². The summed E-state index contributed by atoms with van der Waals surface area (Å²) in [5.41, 5.74) is 1.11. The fraction of sp³-hybridized carbons (Fsp3) is 0.462. The van der Waals surface area contributed by atoms with Crippen LogP contribution in [0.25, 0.3) is 0 Å². The number of aromatic amines is 1. The summed E-state index contributed by atoms with van der Waals surface area (Å²) in [6, 6.07) is 1.67. The molecule has 9 heteroatoms. The maximum absolute atomic E-state index is 12.4. The third-order valence-electron chi connectivity index (χ3n) is 3.96. The Balaban J connectivity index is 1.80. The molecule has 0 aromatic carbocycles. The Kier molecular flexibility index (Phi) is 3.51. The highest BCUT2D eigenvalue weighted by molar-refractivity contribution is 7.90. The van der Waals surface area contributed by atoms with Gasteiger partial charge in [0, 0.05) is 38.5 Å². The second kappa shape index (κ2) is 5.24. The van der Waals surface area contributed by atoms with E-state index in [-0.39, 0.29) is 16.7 Å². The van der Waals surface area contributed by atoms with Crippen LogP contribution < -0.4 is 0 Å². The highest BCUT2D eigenvalue weighted by Gasteiger charge is 2.32. The molecule has 8 nitrogen and oxygen atoms in total. The number of aryl methyl sites for hydroxylation is 1. The topological polar surface area (TPSA) is 101 Å². The highest BCUT2D eigenvalue weighted by atomic mass is 32.2. The van der Waals surface area contributed by atoms with Gasteiger partial charge >= 0.3 is 0 Å². The number of hydrogen-bond donors (Lipinski definition) is 1. The lowest BCUT2D eigenvalue weighted by molar-refractivity contribution is 0.0779. The summed E-state index contributed by atoms with van der Waals surface area (Å²) < 4.78 is 25.1. The van der Waals surface area contributed by atoms with Gasteiger partial charge < -0.3 is 4.90 Å². The van der Waals surface area contributed by atoms with E-state index in [1.165, 1.54) is 10.9 Å². The van der Waals surface area contributed by atoms with Crippen molar-refractivity contribution < 1.29 is 13.2 Å². The van der Waals surface area contributed by atoms with Crippen LogP contribution in [0.1, 0.15) is 28.5 Å². The molecule has 0 spiro atoms. The quantitative estimate of drug-likeness (QED) is 0.868. The van der Waals surface area contributed by atoms with Gasteiger partial charge in [-0.15, -0.1) is 0 Å². The minimum Gasteiger partial charge on any atom is -0.337 e. The van der Waals surface area contributed by atoms with Crippen LogP contribution in [0, 0.1) is 0 Å². The number of H-pyrrole nitrogens is 1. The zero-order chi connectivity index (χ0) is 15.9. The molecule has 1 saturated heterocycles. The van der Waals surface area contributed by atoms with E-state index >= 15 is 0 Å². The maximum Gasteiger partial charge on any atom is 0.272 e. The van der Waals surface area contributed by atoms with E-state index in [4.69, 9.17) is 0 Å². The number of likely N-dealkylation sites (tertiary alicyclic amines) is 1. The van der Waals surface area contributed by atoms with Crippen LogP contribution in [0.5, 0.6) is 0 Å². The fourth-order valence-corrected chi connectivity index (χ4v) is 3.66. The molecule has 1 fully saturated rings. The molecule has 1 aliphatic rings. The van der Waals surface area contributed by atoms with Gasteiger partial charge in [-0.3, -0.25) is 14.6 Å². The second-order valence-electron chi connectivity index (χ2n) is 5.50. The number of nitrogens with zero attached hydrogens (tertiary/aromatic N) is 4. The van der Waals surface area contributed by atoms with Crippen molar-refractivity contribution in [1.82, 2.24) is 24.9 Å². The summed E-state index contributed by atoms with van der Waals surface area (Å²) in [5.74, 6) is -0.146. The predicted octanol–water partition coefficient (Wildman–Crippen LogP) is 0.176. The molecule has 3 heterocycles. The van der Waals surface area contributed by atoms with Crippen molar-refractivity contribution in [2.45, 2.75) is 17.2 Å². The molecular weight excluding hydrogens is 306 g/mol. The molecule has 0 bridgehead atoms. The minimum absolute atomic E-state index is 0.0515. The standard InChI is InChI=1S/C13H17N5O3S/c1-17-10(3-5-15-17)13(19)18-6-4-9(8-18)12-11(7-14-16-12)22(2,20)21/h3,5,7,9H,4,6,8H2,1-2H3,(H,14,16)/t9-/m1/s1. The monoisotopic (exact) mass is 323 g/mol. The van der Waals surface area contributed by atoms with Crippen molar-refractivity contribution in [3.8, 4) is 0 Å². The maximum atomic E-state index is 12.4. The number of amides is 1. The van der Waals surface area contributed by atoms with Gasteiger partial charge in [0.15, 0.2) is 9.84 Å². The van der Waals surface area contributed by atoms with Gasteiger partial charge in [0.2, 0.25) is 0 Å². The van der Waals surface area contributed by atoms with Crippen LogP contribution in [0.2, 0.25) is 0 Å². The smallest absolute Gasteiger partial charge is 0.272 e. The molecule has 0 saturated carbocycles. The number of rotatable bonds is 3. The van der Waals surface area contributed by atoms with Crippen molar-refractivity contribution in [3.05, 3.63) is 29.8 Å². The zero-order valence-corrected chi connectivity index (χ0v) is 13.2. The SMILES string of the molecule is Cn1nccc1C(=O)N1CC[C@@H](c2[nH]ncc2S(C)(=O)=O)C1. The number of sulfone groups is 1. The molecule has 1 amide bonds. The van der Waals surface area contributed by atoms with Gasteiger partial charge in [-0.25, -0.2) is 8.42 Å². The fourth-order valence-electron chi connectivity index (χ4n) is 2.80. The Bertz CT molecular complexity index is 807. The average molecular weight is 323 g/mol. The first-order valence-electron chi connectivity index (χ1n) is 6.88. The van der Waals surface area contributed by atoms with E-state index in [0.717, 1.165) is 6.26 Å². The lowest BCUT2D eigenvalue weighted by atomic mass is 10.1. The number of carbonyl (C=O) groups is 1. The first kappa shape index (κ1) is 14.8. The van der Waals surface area contributed by atoms with Crippen LogP contribution in [0.3, 0.4) is 0 Å². The van der Waals surface area contributed by atoms with E-state index in [0.29, 0.717) is 30.9 Å². The van der Waals surface area contributed by atoms with E-state index in [2.05, 4.69) is 15.3 Å². The molecule has 0 aliphatic carbocycles. The molecule has 0 radical (unpaired) electrons. The number of aromatic nitrogens is 4. The number of hydrogen-bond acceptors (Lipinski definition) is 5. The molecular formula is C13H17N5O3S. The average Bonchev–Trinajstić information content (AvgIpc) is 3.16. The highest BCUT2D eigenvalue weighted by Crippen LogP contribution is 2.30. The summed E-state index contributed by atoms with van der Waals surface area (Å²) in [4.78, 5) is 14.4. The Morgan fingerprint density at radius 3 is 2.86 bits per heavy atom. The van der Waals surface area contributed by atoms with Crippen LogP contribution >= 0.6 is 0 Å². The molecule has 0 unspecified atom stereocenters. The van der Waals surface area contributed by atoms with Gasteiger partial charge in [0.1, 0.15) is 10.6 Å². The molecule has 1 atom stereocenters. The van der Waals surface area contributed by atoms with Gasteiger partial charge in [-0.2, -0.15) is 10.2 Å². The van der Waals surface area contributed by atoms with E-state index in [1.54, 1.807) is 24.2 Å². The normalized spacial score (nSPS) is 18.8. The van der Waals surface area contributed by atoms with Gasteiger partial charge in [-0.1, -0.05) is 0 Å². The molecule has 3 rings (SSSR count). The molecule has 1 N–H and O–H groups in total. The van der Waals surface area contributed by atoms with Crippen molar-refractivity contribution in [2.75, 3.05) is 19.3 Å². The van der Waals surface area contributed by atoms with Crippen molar-refractivity contribution in [3.63, 3.8) is 0 Å². The van der Waals surface area contributed by atoms with Gasteiger partial charge in [-0.05, 0) is 12.5 Å². The van der Waals surface area contributed by atoms with Crippen molar-refractivity contribution >= 4 is 15.7 Å². The third kappa shape index (κ3) is 2.52. The summed E-state index contributed by atoms with van der Waals surface area (Å²) in [6.45, 7) is 1.05. The van der Waals surface area contributed by atoms with Crippen LogP contribution in [0.15, 0.2) is 23.4 Å². The Hall–Kier alpha value is -2.16. The van der Waals surface area contributed by atoms with E-state index in [1.807, 2.05) is 0 Å². The lowest BCUT2D eigenvalue weighted by Gasteiger charge is -2.16. The molecule has 2 aromatic rings. The summed E-state index contributed by atoms with van der Waals surface area (Å²) in [6.07, 6.45) is 4.77. The van der Waals surface area contributed by atoms with Gasteiger partial charge in [0.05, 0.1) is 11.9 Å². The van der Waals surface area contributed by atoms with E-state index < -0.39 is 9.84 Å². The second-order valence-corrected chi connectivity index (χ2v) is 7.48. The summed E-state index contributed by atoms with van der Waals surface area (Å²) >= 11 is 0. The van der Waals surface area contributed by atoms with Crippen LogP contribution in [0.4, 0.5) is 0 Å². The Morgan fingerprint density at radius 2 is 2.23 bits per heavy atom. The molecule has 118 valence electrons. The summed E-state index contributed by atoms with van der Waals surface area (Å²) in [7, 11) is -1.61. The largest absolute Gasteiger partial charge is 0.337 e. The number of nitrogens with one attached hydrogen (secondary N) is 1.